The molecule has 4 saturated carbocycles. The summed E-state index contributed by atoms with van der Waals surface area (Å²) in [6.07, 6.45) is 9.29. The van der Waals surface area contributed by atoms with Gasteiger partial charge in [-0.2, -0.15) is 0 Å². The van der Waals surface area contributed by atoms with Crippen LogP contribution in [0.15, 0.2) is 0 Å². The lowest BCUT2D eigenvalue weighted by Crippen LogP contribution is -2.49. The smallest absolute Gasteiger partial charge is 0.0107 e. The summed E-state index contributed by atoms with van der Waals surface area (Å²) in [5.41, 5.74) is 0. The average Bonchev–Trinajstić information content (AvgIpc) is 2.61. The molecule has 0 radical (unpaired) electrons. The zero-order valence-corrected chi connectivity index (χ0v) is 11.6. The van der Waals surface area contributed by atoms with Gasteiger partial charge in [0, 0.05) is 19.6 Å². The third kappa shape index (κ3) is 2.12. The fraction of sp³-hybridized carbons (Fsp3) is 1.00. The van der Waals surface area contributed by atoms with E-state index in [9.17, 15) is 0 Å². The summed E-state index contributed by atoms with van der Waals surface area (Å²) in [5, 5.41) is 3.54. The number of rotatable bonds is 2. The van der Waals surface area contributed by atoms with Gasteiger partial charge in [0.1, 0.15) is 0 Å². The van der Waals surface area contributed by atoms with E-state index in [1.807, 2.05) is 0 Å². The van der Waals surface area contributed by atoms with E-state index in [-0.39, 0.29) is 0 Å². The van der Waals surface area contributed by atoms with Crippen LogP contribution in [0.5, 0.6) is 0 Å². The lowest BCUT2D eigenvalue weighted by atomic mass is 9.52. The maximum absolute atomic E-state index is 3.54. The standard InChI is InChI=1S/C16H28N2/c1-2-17-3-5-18(4-1)11-16-14-7-12-6-13(9-14)10-15(16)8-12/h12-17H,1-11H2. The topological polar surface area (TPSA) is 15.3 Å². The number of hydrogen-bond donors (Lipinski definition) is 1. The van der Waals surface area contributed by atoms with Crippen molar-refractivity contribution in [1.29, 1.82) is 0 Å². The van der Waals surface area contributed by atoms with E-state index in [1.165, 1.54) is 39.1 Å². The minimum Gasteiger partial charge on any atom is -0.315 e. The minimum absolute atomic E-state index is 1.07. The van der Waals surface area contributed by atoms with Gasteiger partial charge in [-0.1, -0.05) is 0 Å². The van der Waals surface area contributed by atoms with E-state index in [0.29, 0.717) is 0 Å². The van der Waals surface area contributed by atoms with Crippen molar-refractivity contribution in [2.75, 3.05) is 32.7 Å². The second kappa shape index (κ2) is 4.79. The molecule has 0 aromatic heterocycles. The highest BCUT2D eigenvalue weighted by atomic mass is 15.2. The lowest BCUT2D eigenvalue weighted by Gasteiger charge is -2.55. The highest BCUT2D eigenvalue weighted by molar-refractivity contribution is 4.98. The summed E-state index contributed by atoms with van der Waals surface area (Å²) in [6.45, 7) is 6.51. The maximum Gasteiger partial charge on any atom is 0.0107 e. The first-order valence-corrected chi connectivity index (χ1v) is 8.31. The molecule has 0 amide bonds. The van der Waals surface area contributed by atoms with Crippen LogP contribution in [-0.2, 0) is 0 Å². The number of hydrogen-bond acceptors (Lipinski definition) is 2. The molecule has 1 N–H and O–H groups in total. The van der Waals surface area contributed by atoms with Gasteiger partial charge in [0.15, 0.2) is 0 Å². The van der Waals surface area contributed by atoms with Gasteiger partial charge < -0.3 is 10.2 Å². The summed E-state index contributed by atoms with van der Waals surface area (Å²) < 4.78 is 0. The molecule has 102 valence electrons. The van der Waals surface area contributed by atoms with Crippen molar-refractivity contribution in [3.05, 3.63) is 0 Å². The second-order valence-electron chi connectivity index (χ2n) is 7.50. The van der Waals surface area contributed by atoms with Crippen molar-refractivity contribution in [2.24, 2.45) is 29.6 Å². The highest BCUT2D eigenvalue weighted by Crippen LogP contribution is 2.56. The van der Waals surface area contributed by atoms with Gasteiger partial charge in [0.2, 0.25) is 0 Å². The highest BCUT2D eigenvalue weighted by Gasteiger charge is 2.48. The van der Waals surface area contributed by atoms with Gasteiger partial charge in [-0.3, -0.25) is 0 Å². The van der Waals surface area contributed by atoms with E-state index < -0.39 is 0 Å². The molecular weight excluding hydrogens is 220 g/mol. The van der Waals surface area contributed by atoms with Gasteiger partial charge in [0.25, 0.3) is 0 Å². The summed E-state index contributed by atoms with van der Waals surface area (Å²) in [4.78, 5) is 2.77. The van der Waals surface area contributed by atoms with Crippen LogP contribution in [0, 0.1) is 29.6 Å². The summed E-state index contributed by atoms with van der Waals surface area (Å²) in [7, 11) is 0. The molecule has 0 atom stereocenters. The van der Waals surface area contributed by atoms with Crippen molar-refractivity contribution in [3.63, 3.8) is 0 Å². The molecular formula is C16H28N2. The first-order valence-electron chi connectivity index (χ1n) is 8.31. The third-order valence-corrected chi connectivity index (χ3v) is 6.32. The van der Waals surface area contributed by atoms with Crippen LogP contribution in [0.25, 0.3) is 0 Å². The molecule has 1 saturated heterocycles. The fourth-order valence-electron chi connectivity index (χ4n) is 5.72. The Labute approximate surface area is 111 Å². The molecule has 0 spiro atoms. The lowest BCUT2D eigenvalue weighted by molar-refractivity contribution is -0.0484. The Bertz CT molecular complexity index is 265. The zero-order chi connectivity index (χ0) is 11.9. The Morgan fingerprint density at radius 1 is 0.833 bits per heavy atom. The summed E-state index contributed by atoms with van der Waals surface area (Å²) in [5.74, 6) is 5.55. The molecule has 0 aromatic rings. The van der Waals surface area contributed by atoms with Crippen LogP contribution < -0.4 is 5.32 Å². The van der Waals surface area contributed by atoms with Crippen LogP contribution in [0.3, 0.4) is 0 Å². The molecule has 0 unspecified atom stereocenters. The van der Waals surface area contributed by atoms with Gasteiger partial charge in [-0.15, -0.1) is 0 Å². The monoisotopic (exact) mass is 248 g/mol. The quantitative estimate of drug-likeness (QED) is 0.807. The van der Waals surface area contributed by atoms with E-state index >= 15 is 0 Å². The van der Waals surface area contributed by atoms with Crippen LogP contribution in [0.2, 0.25) is 0 Å². The predicted molar refractivity (Wildman–Crippen MR) is 74.5 cm³/mol. The van der Waals surface area contributed by atoms with E-state index in [1.54, 1.807) is 32.1 Å². The molecule has 5 fully saturated rings. The first-order chi connectivity index (χ1) is 8.88. The minimum atomic E-state index is 1.07. The van der Waals surface area contributed by atoms with Gasteiger partial charge in [-0.05, 0) is 81.2 Å². The molecule has 2 heteroatoms. The van der Waals surface area contributed by atoms with Crippen molar-refractivity contribution in [3.8, 4) is 0 Å². The molecule has 5 rings (SSSR count). The van der Waals surface area contributed by atoms with Crippen molar-refractivity contribution < 1.29 is 0 Å². The number of nitrogens with zero attached hydrogens (tertiary/aromatic N) is 1. The maximum atomic E-state index is 3.54. The molecule has 1 heterocycles. The first kappa shape index (κ1) is 11.7. The summed E-state index contributed by atoms with van der Waals surface area (Å²) in [6, 6.07) is 0. The predicted octanol–water partition coefficient (Wildman–Crippen LogP) is 2.35. The second-order valence-corrected chi connectivity index (χ2v) is 7.50. The van der Waals surface area contributed by atoms with E-state index in [4.69, 9.17) is 0 Å². The Morgan fingerprint density at radius 2 is 1.56 bits per heavy atom. The SMILES string of the molecule is C1CNCCN(CC2C3CC4CC(C3)CC2C4)C1. The van der Waals surface area contributed by atoms with Crippen LogP contribution in [-0.4, -0.2) is 37.6 Å². The molecule has 0 aromatic carbocycles. The van der Waals surface area contributed by atoms with Gasteiger partial charge in [0.05, 0.1) is 0 Å². The van der Waals surface area contributed by atoms with Crippen molar-refractivity contribution >= 4 is 0 Å². The largest absolute Gasteiger partial charge is 0.315 e. The summed E-state index contributed by atoms with van der Waals surface area (Å²) >= 11 is 0. The van der Waals surface area contributed by atoms with E-state index in [0.717, 1.165) is 29.6 Å². The molecule has 2 nitrogen and oxygen atoms in total. The Morgan fingerprint density at radius 3 is 2.28 bits per heavy atom. The normalized spacial score (nSPS) is 48.3. The van der Waals surface area contributed by atoms with Crippen LogP contribution in [0.4, 0.5) is 0 Å². The van der Waals surface area contributed by atoms with Gasteiger partial charge in [-0.25, -0.2) is 0 Å². The average molecular weight is 248 g/mol. The third-order valence-electron chi connectivity index (χ3n) is 6.32. The molecule has 1 aliphatic heterocycles. The molecule has 18 heavy (non-hydrogen) atoms. The van der Waals surface area contributed by atoms with E-state index in [2.05, 4.69) is 10.2 Å². The van der Waals surface area contributed by atoms with Gasteiger partial charge >= 0.3 is 0 Å². The molecule has 4 bridgehead atoms. The molecule has 5 aliphatic rings. The van der Waals surface area contributed by atoms with Crippen LogP contribution in [0.1, 0.15) is 38.5 Å². The number of nitrogens with one attached hydrogen (secondary N) is 1. The fourth-order valence-corrected chi connectivity index (χ4v) is 5.72. The van der Waals surface area contributed by atoms with Crippen molar-refractivity contribution in [1.82, 2.24) is 10.2 Å². The zero-order valence-electron chi connectivity index (χ0n) is 11.6. The Hall–Kier alpha value is -0.0800. The Balaban J connectivity index is 1.42. The Kier molecular flexibility index (Phi) is 3.12. The van der Waals surface area contributed by atoms with Crippen LogP contribution >= 0.6 is 0 Å². The molecule has 4 aliphatic carbocycles. The van der Waals surface area contributed by atoms with Crippen molar-refractivity contribution in [2.45, 2.75) is 38.5 Å².